The van der Waals surface area contributed by atoms with E-state index < -0.39 is 0 Å². The molecule has 9 heteroatoms. The summed E-state index contributed by atoms with van der Waals surface area (Å²) in [5, 5.41) is 21.9. The number of nitrogens with one attached hydrogen (secondary N) is 2. The van der Waals surface area contributed by atoms with Crippen LogP contribution in [0.1, 0.15) is 42.6 Å². The van der Waals surface area contributed by atoms with Crippen LogP contribution < -0.4 is 10.2 Å². The quantitative estimate of drug-likeness (QED) is 0.328. The molecule has 6 rings (SSSR count). The van der Waals surface area contributed by atoms with E-state index in [1.165, 1.54) is 6.07 Å². The molecule has 3 N–H and O–H groups in total. The van der Waals surface area contributed by atoms with E-state index in [0.29, 0.717) is 24.8 Å². The van der Waals surface area contributed by atoms with Crippen molar-refractivity contribution >= 4 is 17.5 Å². The van der Waals surface area contributed by atoms with E-state index in [9.17, 15) is 9.50 Å². The molecule has 0 aliphatic carbocycles. The molecule has 2 unspecified atom stereocenters. The summed E-state index contributed by atoms with van der Waals surface area (Å²) in [7, 11) is 0. The molecule has 3 aromatic rings. The number of rotatable bonds is 6. The maximum Gasteiger partial charge on any atom is 0.129 e. The van der Waals surface area contributed by atoms with Crippen LogP contribution in [0.25, 0.3) is 11.4 Å². The van der Waals surface area contributed by atoms with Crippen LogP contribution in [-0.4, -0.2) is 63.9 Å². The molecule has 3 aliphatic heterocycles. The summed E-state index contributed by atoms with van der Waals surface area (Å²) in [5.74, 6) is 1.72. The van der Waals surface area contributed by atoms with Gasteiger partial charge in [0.25, 0.3) is 0 Å². The number of aromatic nitrogens is 2. The molecule has 2 saturated heterocycles. The minimum Gasteiger partial charge on any atom is -0.391 e. The number of likely N-dealkylation sites (tertiary alicyclic amines) is 1. The Morgan fingerprint density at radius 3 is 2.67 bits per heavy atom. The van der Waals surface area contributed by atoms with Crippen LogP contribution in [0.5, 0.6) is 0 Å². The second-order valence-corrected chi connectivity index (χ2v) is 10.3. The lowest BCUT2D eigenvalue weighted by Gasteiger charge is -2.26. The number of pyridine rings is 2. The van der Waals surface area contributed by atoms with Gasteiger partial charge in [0, 0.05) is 19.6 Å². The van der Waals surface area contributed by atoms with Crippen molar-refractivity contribution in [3.8, 4) is 11.4 Å². The first-order valence-electron chi connectivity index (χ1n) is 13.5. The van der Waals surface area contributed by atoms with Gasteiger partial charge in [0.15, 0.2) is 0 Å². The first-order chi connectivity index (χ1) is 19.0. The molecule has 200 valence electrons. The lowest BCUT2D eigenvalue weighted by atomic mass is 10.0. The Kier molecular flexibility index (Phi) is 7.06. The van der Waals surface area contributed by atoms with Crippen molar-refractivity contribution < 1.29 is 9.50 Å². The third-order valence-electron chi connectivity index (χ3n) is 7.57. The zero-order chi connectivity index (χ0) is 26.8. The van der Waals surface area contributed by atoms with Crippen molar-refractivity contribution in [3.63, 3.8) is 0 Å². The SMILES string of the molecule is N=C(/C=C\C1=NCC(c2cccc(-c3cccc(N4CCC(O)C4)n3)n2)N1)N1CCC[C@@H]1c1cccc(F)c1. The molecule has 3 aliphatic rings. The average Bonchev–Trinajstić information content (AvgIpc) is 3.73. The number of hydrogen-bond acceptors (Lipinski definition) is 7. The largest absolute Gasteiger partial charge is 0.391 e. The van der Waals surface area contributed by atoms with E-state index in [4.69, 9.17) is 15.4 Å². The molecule has 8 nitrogen and oxygen atoms in total. The van der Waals surface area contributed by atoms with Crippen LogP contribution in [0.3, 0.4) is 0 Å². The number of β-amino-alcohol motifs (C(OH)–C–C–N with tert-alkyl or cyclic N) is 1. The number of benzene rings is 1. The third-order valence-corrected chi connectivity index (χ3v) is 7.57. The summed E-state index contributed by atoms with van der Waals surface area (Å²) in [4.78, 5) is 18.4. The Bertz CT molecular complexity index is 1420. The number of hydrogen-bond donors (Lipinski definition) is 3. The summed E-state index contributed by atoms with van der Waals surface area (Å²) in [6.45, 7) is 2.73. The van der Waals surface area contributed by atoms with Crippen LogP contribution in [0, 0.1) is 11.2 Å². The normalized spacial score (nSPS) is 22.9. The molecule has 0 saturated carbocycles. The van der Waals surface area contributed by atoms with Gasteiger partial charge in [-0.25, -0.2) is 14.4 Å². The molecule has 1 aromatic carbocycles. The van der Waals surface area contributed by atoms with E-state index in [0.717, 1.165) is 60.8 Å². The second kappa shape index (κ2) is 10.9. The topological polar surface area (TPSA) is 101 Å². The molecule has 39 heavy (non-hydrogen) atoms. The number of aliphatic hydroxyl groups is 1. The highest BCUT2D eigenvalue weighted by Crippen LogP contribution is 2.32. The summed E-state index contributed by atoms with van der Waals surface area (Å²) in [6, 6.07) is 18.4. The van der Waals surface area contributed by atoms with Crippen LogP contribution in [0.4, 0.5) is 10.2 Å². The number of aliphatic hydroxyl groups excluding tert-OH is 1. The summed E-state index contributed by atoms with van der Waals surface area (Å²) >= 11 is 0. The van der Waals surface area contributed by atoms with E-state index in [1.807, 2.05) is 53.4 Å². The fourth-order valence-corrected chi connectivity index (χ4v) is 5.58. The molecule has 0 bridgehead atoms. The van der Waals surface area contributed by atoms with Crippen molar-refractivity contribution in [2.24, 2.45) is 4.99 Å². The maximum absolute atomic E-state index is 13.8. The van der Waals surface area contributed by atoms with E-state index in [2.05, 4.69) is 15.2 Å². The summed E-state index contributed by atoms with van der Waals surface area (Å²) in [5.41, 5.74) is 3.37. The maximum atomic E-state index is 13.8. The second-order valence-electron chi connectivity index (χ2n) is 10.3. The van der Waals surface area contributed by atoms with Crippen molar-refractivity contribution in [2.45, 2.75) is 37.5 Å². The van der Waals surface area contributed by atoms with Crippen molar-refractivity contribution in [3.05, 3.63) is 89.9 Å². The fourth-order valence-electron chi connectivity index (χ4n) is 5.58. The predicted molar refractivity (Wildman–Crippen MR) is 150 cm³/mol. The van der Waals surface area contributed by atoms with E-state index in [1.54, 1.807) is 18.2 Å². The van der Waals surface area contributed by atoms with Gasteiger partial charge in [0.2, 0.25) is 0 Å². The highest BCUT2D eigenvalue weighted by Gasteiger charge is 2.28. The molecule has 0 radical (unpaired) electrons. The highest BCUT2D eigenvalue weighted by molar-refractivity contribution is 6.01. The molecule has 2 aromatic heterocycles. The van der Waals surface area contributed by atoms with Crippen LogP contribution in [0.2, 0.25) is 0 Å². The zero-order valence-electron chi connectivity index (χ0n) is 21.7. The van der Waals surface area contributed by atoms with Gasteiger partial charge in [-0.2, -0.15) is 0 Å². The number of aliphatic imine (C=N–C) groups is 1. The van der Waals surface area contributed by atoms with Gasteiger partial charge < -0.3 is 20.2 Å². The smallest absolute Gasteiger partial charge is 0.129 e. The van der Waals surface area contributed by atoms with Crippen molar-refractivity contribution in [2.75, 3.05) is 31.1 Å². The minimum atomic E-state index is -0.303. The molecule has 0 amide bonds. The Hall–Kier alpha value is -4.11. The van der Waals surface area contributed by atoms with Crippen LogP contribution in [0.15, 0.2) is 77.8 Å². The third kappa shape index (κ3) is 5.54. The van der Waals surface area contributed by atoms with Gasteiger partial charge in [-0.05, 0) is 73.4 Å². The van der Waals surface area contributed by atoms with Gasteiger partial charge in [-0.15, -0.1) is 0 Å². The first-order valence-corrected chi connectivity index (χ1v) is 13.5. The average molecular weight is 526 g/mol. The molecular weight excluding hydrogens is 493 g/mol. The Balaban J connectivity index is 1.10. The van der Waals surface area contributed by atoms with Crippen molar-refractivity contribution in [1.82, 2.24) is 20.2 Å². The van der Waals surface area contributed by atoms with E-state index >= 15 is 0 Å². The molecule has 0 spiro atoms. The number of anilines is 1. The van der Waals surface area contributed by atoms with Crippen LogP contribution >= 0.6 is 0 Å². The number of nitrogens with zero attached hydrogens (tertiary/aromatic N) is 5. The molecular formula is C30H32FN7O. The minimum absolute atomic E-state index is 0.0127. The lowest BCUT2D eigenvalue weighted by Crippen LogP contribution is -2.29. The number of halogens is 1. The highest BCUT2D eigenvalue weighted by atomic mass is 19.1. The Labute approximate surface area is 227 Å². The Morgan fingerprint density at radius 2 is 1.85 bits per heavy atom. The van der Waals surface area contributed by atoms with Gasteiger partial charge in [-0.3, -0.25) is 10.4 Å². The van der Waals surface area contributed by atoms with Gasteiger partial charge >= 0.3 is 0 Å². The van der Waals surface area contributed by atoms with Crippen LogP contribution in [-0.2, 0) is 0 Å². The zero-order valence-corrected chi connectivity index (χ0v) is 21.7. The van der Waals surface area contributed by atoms with Gasteiger partial charge in [0.05, 0.1) is 41.8 Å². The Morgan fingerprint density at radius 1 is 1.03 bits per heavy atom. The summed E-state index contributed by atoms with van der Waals surface area (Å²) in [6.07, 6.45) is 5.93. The lowest BCUT2D eigenvalue weighted by molar-refractivity contribution is 0.198. The standard InChI is InChI=1S/C30H32FN7O/c31-21-6-1-5-20(17-21)27-10-4-15-38(27)28(32)12-13-29-33-18-26(35-29)25-8-2-7-23(34-25)24-9-3-11-30(36-24)37-16-14-22(39)19-37/h1-3,5-9,11-13,17,22,26-27,32,39H,4,10,14-16,18-19H2,(H,33,35)/b13-12-,32-28?/t22?,26?,27-/m1/s1. The molecule has 5 heterocycles. The number of amidine groups is 2. The fraction of sp³-hybridized carbons (Fsp3) is 0.333. The van der Waals surface area contributed by atoms with Gasteiger partial charge in [0.1, 0.15) is 23.3 Å². The summed E-state index contributed by atoms with van der Waals surface area (Å²) < 4.78 is 13.8. The van der Waals surface area contributed by atoms with Gasteiger partial charge in [-0.1, -0.05) is 24.3 Å². The van der Waals surface area contributed by atoms with Crippen molar-refractivity contribution in [1.29, 1.82) is 5.41 Å². The first kappa shape index (κ1) is 25.2. The predicted octanol–water partition coefficient (Wildman–Crippen LogP) is 4.27. The molecule has 3 atom stereocenters. The monoisotopic (exact) mass is 525 g/mol. The van der Waals surface area contributed by atoms with E-state index in [-0.39, 0.29) is 24.0 Å². The molecule has 2 fully saturated rings.